The van der Waals surface area contributed by atoms with Crippen LogP contribution in [0.4, 0.5) is 17.1 Å². The fourth-order valence-corrected chi connectivity index (χ4v) is 13.4. The Labute approximate surface area is 412 Å². The number of nitrogens with zero attached hydrogens (tertiary/aromatic N) is 2. The van der Waals surface area contributed by atoms with Gasteiger partial charge in [-0.2, -0.15) is 0 Å². The summed E-state index contributed by atoms with van der Waals surface area (Å²) in [7, 11) is 0. The van der Waals surface area contributed by atoms with Crippen LogP contribution in [0, 0.1) is 0 Å². The van der Waals surface area contributed by atoms with Crippen LogP contribution in [0.25, 0.3) is 57.8 Å². The molecule has 2 aliphatic heterocycles. The highest BCUT2D eigenvalue weighted by molar-refractivity contribution is 7.33. The summed E-state index contributed by atoms with van der Waals surface area (Å²) in [5, 5.41) is 6.19. The lowest BCUT2D eigenvalue weighted by atomic mass is 9.37. The minimum atomic E-state index is -0.134. The third-order valence-electron chi connectivity index (χ3n) is 14.6. The van der Waals surface area contributed by atoms with Crippen molar-refractivity contribution >= 4 is 114 Å². The van der Waals surface area contributed by atoms with E-state index in [1.165, 1.54) is 73.6 Å². The number of fused-ring (bicyclic) bond motifs is 13. The molecule has 338 valence electrons. The number of thiophene rings is 2. The molecule has 2 aliphatic rings. The standard InChI is InChI=1S/C62H53BN2O2S2/c1-60(2,3)36-24-27-46-43(30-36)44-31-37(61(4,5)6)25-28-47(44)65(46)48-35-51-56(54-42-22-16-17-23-52(42)68-58(48)54)63-55-49(66-51)33-41(64(39-18-12-10-13-19-39)40-20-14-11-15-21-40)34-50(55)67-57-45-32-38(62(7,8)9)26-29-53(45)69-59(57)63/h10-35H,1-9H3. The highest BCUT2D eigenvalue weighted by Crippen LogP contribution is 2.50. The van der Waals surface area contributed by atoms with E-state index in [0.29, 0.717) is 0 Å². The summed E-state index contributed by atoms with van der Waals surface area (Å²) < 4.78 is 22.4. The van der Waals surface area contributed by atoms with Crippen LogP contribution in [-0.2, 0) is 16.2 Å². The van der Waals surface area contributed by atoms with Crippen molar-refractivity contribution in [3.05, 3.63) is 174 Å². The number of benzene rings is 8. The molecular weight excluding hydrogens is 880 g/mol. The van der Waals surface area contributed by atoms with E-state index in [1.807, 2.05) is 22.7 Å². The number of rotatable bonds is 4. The molecular formula is C62H53BN2O2S2. The van der Waals surface area contributed by atoms with Gasteiger partial charge in [-0.15, -0.1) is 22.7 Å². The molecule has 0 unspecified atom stereocenters. The number of anilines is 3. The Bertz CT molecular complexity index is 3810. The van der Waals surface area contributed by atoms with E-state index in [2.05, 4.69) is 230 Å². The number of para-hydroxylation sites is 2. The number of hydrogen-bond acceptors (Lipinski definition) is 5. The van der Waals surface area contributed by atoms with Gasteiger partial charge in [0, 0.05) is 76.1 Å². The average Bonchev–Trinajstić information content (AvgIpc) is 4.00. The van der Waals surface area contributed by atoms with E-state index in [4.69, 9.17) is 9.47 Å². The molecule has 69 heavy (non-hydrogen) atoms. The largest absolute Gasteiger partial charge is 0.458 e. The van der Waals surface area contributed by atoms with E-state index in [1.54, 1.807) is 0 Å². The lowest BCUT2D eigenvalue weighted by Gasteiger charge is -2.34. The van der Waals surface area contributed by atoms with Gasteiger partial charge in [0.1, 0.15) is 23.0 Å². The summed E-state index contributed by atoms with van der Waals surface area (Å²) in [4.78, 5) is 2.31. The fourth-order valence-electron chi connectivity index (χ4n) is 10.9. The Kier molecular flexibility index (Phi) is 9.11. The van der Waals surface area contributed by atoms with Crippen LogP contribution in [0.1, 0.15) is 79.0 Å². The van der Waals surface area contributed by atoms with Crippen LogP contribution in [0.15, 0.2) is 158 Å². The van der Waals surface area contributed by atoms with Crippen molar-refractivity contribution in [1.82, 2.24) is 4.57 Å². The minimum absolute atomic E-state index is 0.00613. The van der Waals surface area contributed by atoms with Gasteiger partial charge in [0.05, 0.1) is 27.1 Å². The van der Waals surface area contributed by atoms with Crippen LogP contribution in [0.3, 0.4) is 0 Å². The summed E-state index contributed by atoms with van der Waals surface area (Å²) in [6.07, 6.45) is 0. The Balaban J connectivity index is 1.14. The number of hydrogen-bond donors (Lipinski definition) is 0. The Morgan fingerprint density at radius 1 is 0.449 bits per heavy atom. The van der Waals surface area contributed by atoms with Gasteiger partial charge in [0.15, 0.2) is 0 Å². The molecule has 0 radical (unpaired) electrons. The van der Waals surface area contributed by atoms with Gasteiger partial charge in [-0.1, -0.05) is 135 Å². The predicted molar refractivity (Wildman–Crippen MR) is 298 cm³/mol. The molecule has 0 spiro atoms. The second-order valence-corrected chi connectivity index (χ2v) is 24.3. The van der Waals surface area contributed by atoms with Gasteiger partial charge >= 0.3 is 0 Å². The minimum Gasteiger partial charge on any atom is -0.458 e. The Morgan fingerprint density at radius 3 is 1.55 bits per heavy atom. The van der Waals surface area contributed by atoms with Gasteiger partial charge in [-0.25, -0.2) is 0 Å². The number of aromatic nitrogens is 1. The third kappa shape index (κ3) is 6.53. The zero-order valence-electron chi connectivity index (χ0n) is 40.6. The fraction of sp³-hybridized carbons (Fsp3) is 0.194. The molecule has 0 bridgehead atoms. The van der Waals surface area contributed by atoms with Gasteiger partial charge in [-0.3, -0.25) is 0 Å². The molecule has 0 N–H and O–H groups in total. The van der Waals surface area contributed by atoms with E-state index < -0.39 is 0 Å². The maximum atomic E-state index is 7.55. The van der Waals surface area contributed by atoms with Crippen LogP contribution < -0.4 is 30.1 Å². The highest BCUT2D eigenvalue weighted by atomic mass is 32.1. The van der Waals surface area contributed by atoms with Crippen LogP contribution in [0.2, 0.25) is 0 Å². The summed E-state index contributed by atoms with van der Waals surface area (Å²) in [5.41, 5.74) is 12.8. The first kappa shape index (κ1) is 42.3. The molecule has 0 aliphatic carbocycles. The van der Waals surface area contributed by atoms with E-state index in [0.717, 1.165) is 56.6 Å². The lowest BCUT2D eigenvalue weighted by molar-refractivity contribution is 0.468. The van der Waals surface area contributed by atoms with Crippen LogP contribution in [0.5, 0.6) is 23.0 Å². The normalized spacial score (nSPS) is 13.5. The van der Waals surface area contributed by atoms with Crippen LogP contribution in [-0.4, -0.2) is 11.3 Å². The molecule has 7 heteroatoms. The molecule has 0 amide bonds. The van der Waals surface area contributed by atoms with Crippen molar-refractivity contribution in [2.24, 2.45) is 0 Å². The molecule has 4 nitrogen and oxygen atoms in total. The zero-order valence-corrected chi connectivity index (χ0v) is 42.2. The van der Waals surface area contributed by atoms with Gasteiger partial charge in [-0.05, 0) is 105 Å². The molecule has 0 saturated carbocycles. The molecule has 0 fully saturated rings. The number of ether oxygens (including phenoxy) is 2. The smallest absolute Gasteiger partial charge is 0.274 e. The maximum Gasteiger partial charge on any atom is 0.274 e. The molecule has 11 aromatic rings. The molecule has 8 aromatic carbocycles. The summed E-state index contributed by atoms with van der Waals surface area (Å²) in [6, 6.07) is 58.3. The van der Waals surface area contributed by atoms with Crippen molar-refractivity contribution in [2.75, 3.05) is 4.90 Å². The molecule has 0 atom stereocenters. The maximum absolute atomic E-state index is 7.55. The monoisotopic (exact) mass is 932 g/mol. The van der Waals surface area contributed by atoms with Gasteiger partial charge in [0.2, 0.25) is 0 Å². The first-order chi connectivity index (χ1) is 33.1. The van der Waals surface area contributed by atoms with Crippen molar-refractivity contribution < 1.29 is 9.47 Å². The second-order valence-electron chi connectivity index (χ2n) is 22.2. The summed E-state index contributed by atoms with van der Waals surface area (Å²) >= 11 is 3.75. The van der Waals surface area contributed by atoms with E-state index >= 15 is 0 Å². The lowest BCUT2D eigenvalue weighted by Crippen LogP contribution is -2.56. The summed E-state index contributed by atoms with van der Waals surface area (Å²) in [5.74, 6) is 3.46. The zero-order chi connectivity index (χ0) is 47.3. The average molecular weight is 933 g/mol. The van der Waals surface area contributed by atoms with Gasteiger partial charge in [0.25, 0.3) is 6.71 Å². The van der Waals surface area contributed by atoms with Crippen LogP contribution >= 0.6 is 22.7 Å². The molecule has 3 aromatic heterocycles. The van der Waals surface area contributed by atoms with Crippen molar-refractivity contribution in [2.45, 2.75) is 78.6 Å². The first-order valence-electron chi connectivity index (χ1n) is 24.2. The SMILES string of the molecule is CC(C)(C)c1ccc2sc3c(c2c1)Oc1cc(N(c2ccccc2)c2ccccc2)cc2c1B3c1c(cc(-n3c4ccc(C(C)(C)C)cc4c4cc(C(C)(C)C)ccc43)c3sc4ccccc4c13)O2. The summed E-state index contributed by atoms with van der Waals surface area (Å²) in [6.45, 7) is 20.6. The van der Waals surface area contributed by atoms with Gasteiger partial charge < -0.3 is 18.9 Å². The Morgan fingerprint density at radius 2 is 0.957 bits per heavy atom. The predicted octanol–water partition coefficient (Wildman–Crippen LogP) is 16.5. The molecule has 13 rings (SSSR count). The first-order valence-corrected chi connectivity index (χ1v) is 25.8. The quantitative estimate of drug-likeness (QED) is 0.165. The van der Waals surface area contributed by atoms with E-state index in [-0.39, 0.29) is 23.0 Å². The Hall–Kier alpha value is -6.80. The molecule has 5 heterocycles. The second kappa shape index (κ2) is 14.9. The van der Waals surface area contributed by atoms with Crippen molar-refractivity contribution in [1.29, 1.82) is 0 Å². The van der Waals surface area contributed by atoms with E-state index in [9.17, 15) is 0 Å². The highest BCUT2D eigenvalue weighted by Gasteiger charge is 2.45. The third-order valence-corrected chi connectivity index (χ3v) is 17.0. The van der Waals surface area contributed by atoms with Crippen molar-refractivity contribution in [3.8, 4) is 28.7 Å². The topological polar surface area (TPSA) is 26.6 Å². The molecule has 0 saturated heterocycles. The van der Waals surface area contributed by atoms with Crippen molar-refractivity contribution in [3.63, 3.8) is 0 Å².